The van der Waals surface area contributed by atoms with Crippen molar-refractivity contribution in [1.82, 2.24) is 14.5 Å². The quantitative estimate of drug-likeness (QED) is 0.603. The monoisotopic (exact) mass is 368 g/mol. The number of hydrogen-bond donors (Lipinski definition) is 1. The van der Waals surface area contributed by atoms with Gasteiger partial charge in [-0.25, -0.2) is 9.97 Å². The molecule has 6 heteroatoms. The zero-order valence-electron chi connectivity index (χ0n) is 14.9. The average Bonchev–Trinajstić information content (AvgIpc) is 3.10. The molecular weight excluding hydrogens is 352 g/mol. The number of hydrogen-bond acceptors (Lipinski definition) is 4. The van der Waals surface area contributed by atoms with Gasteiger partial charge < -0.3 is 5.32 Å². The van der Waals surface area contributed by atoms with E-state index < -0.39 is 0 Å². The van der Waals surface area contributed by atoms with Crippen molar-refractivity contribution in [2.75, 3.05) is 5.32 Å². The topological polar surface area (TPSA) is 76.9 Å². The molecule has 6 nitrogen and oxygen atoms in total. The van der Waals surface area contributed by atoms with E-state index in [1.165, 1.54) is 0 Å². The SMILES string of the molecule is O=C1Cc2cc(-c3cccc(Cn4cnc5cccnc5c4=O)c3)ccc2N1. The molecule has 0 aliphatic carbocycles. The first kappa shape index (κ1) is 16.4. The van der Waals surface area contributed by atoms with Crippen molar-refractivity contribution >= 4 is 22.6 Å². The number of nitrogens with one attached hydrogen (secondary N) is 1. The molecule has 5 rings (SSSR count). The number of aromatic nitrogens is 3. The summed E-state index contributed by atoms with van der Waals surface area (Å²) in [4.78, 5) is 32.7. The van der Waals surface area contributed by atoms with Crippen LogP contribution < -0.4 is 10.9 Å². The molecular formula is C22H16N4O2. The molecule has 1 aliphatic heterocycles. The van der Waals surface area contributed by atoms with Gasteiger partial charge >= 0.3 is 0 Å². The number of carbonyl (C=O) groups excluding carboxylic acids is 1. The van der Waals surface area contributed by atoms with Crippen molar-refractivity contribution in [3.63, 3.8) is 0 Å². The molecule has 1 aliphatic rings. The Labute approximate surface area is 160 Å². The molecule has 0 saturated carbocycles. The number of rotatable bonds is 3. The molecule has 28 heavy (non-hydrogen) atoms. The van der Waals surface area contributed by atoms with E-state index in [0.717, 1.165) is 27.9 Å². The molecule has 0 bridgehead atoms. The smallest absolute Gasteiger partial charge is 0.280 e. The van der Waals surface area contributed by atoms with Gasteiger partial charge in [-0.1, -0.05) is 24.3 Å². The Kier molecular flexibility index (Phi) is 3.76. The summed E-state index contributed by atoms with van der Waals surface area (Å²) < 4.78 is 1.57. The van der Waals surface area contributed by atoms with E-state index in [4.69, 9.17) is 0 Å². The number of pyridine rings is 1. The summed E-state index contributed by atoms with van der Waals surface area (Å²) in [6, 6.07) is 17.6. The van der Waals surface area contributed by atoms with Crippen LogP contribution in [0.3, 0.4) is 0 Å². The normalized spacial score (nSPS) is 12.8. The highest BCUT2D eigenvalue weighted by atomic mass is 16.1. The first-order valence-corrected chi connectivity index (χ1v) is 9.00. The molecule has 0 saturated heterocycles. The molecule has 2 aromatic heterocycles. The summed E-state index contributed by atoms with van der Waals surface area (Å²) in [5.74, 6) is 0.0256. The molecule has 0 unspecified atom stereocenters. The third-order valence-corrected chi connectivity index (χ3v) is 4.93. The fourth-order valence-electron chi connectivity index (χ4n) is 3.55. The lowest BCUT2D eigenvalue weighted by atomic mass is 10.00. The van der Waals surface area contributed by atoms with Crippen LogP contribution in [0.15, 0.2) is 71.9 Å². The first-order chi connectivity index (χ1) is 13.7. The molecule has 0 radical (unpaired) electrons. The highest BCUT2D eigenvalue weighted by Crippen LogP contribution is 2.29. The maximum atomic E-state index is 12.7. The fourth-order valence-corrected chi connectivity index (χ4v) is 3.55. The van der Waals surface area contributed by atoms with Crippen molar-refractivity contribution in [2.45, 2.75) is 13.0 Å². The largest absolute Gasteiger partial charge is 0.326 e. The Morgan fingerprint density at radius 2 is 1.86 bits per heavy atom. The highest BCUT2D eigenvalue weighted by Gasteiger charge is 2.17. The molecule has 0 fully saturated rings. The van der Waals surface area contributed by atoms with Crippen LogP contribution in [0.1, 0.15) is 11.1 Å². The lowest BCUT2D eigenvalue weighted by Gasteiger charge is -2.09. The number of benzene rings is 2. The Bertz CT molecular complexity index is 1290. The Morgan fingerprint density at radius 1 is 0.964 bits per heavy atom. The van der Waals surface area contributed by atoms with Gasteiger partial charge in [0.25, 0.3) is 5.56 Å². The van der Waals surface area contributed by atoms with Gasteiger partial charge in [-0.2, -0.15) is 0 Å². The number of anilines is 1. The lowest BCUT2D eigenvalue weighted by molar-refractivity contribution is -0.115. The number of amides is 1. The summed E-state index contributed by atoms with van der Waals surface area (Å²) in [7, 11) is 0. The van der Waals surface area contributed by atoms with Gasteiger partial charge in [0, 0.05) is 11.9 Å². The van der Waals surface area contributed by atoms with Gasteiger partial charge in [0.15, 0.2) is 5.52 Å². The van der Waals surface area contributed by atoms with Crippen LogP contribution in [0.2, 0.25) is 0 Å². The van der Waals surface area contributed by atoms with Crippen LogP contribution in [0.5, 0.6) is 0 Å². The van der Waals surface area contributed by atoms with Gasteiger partial charge in [0.05, 0.1) is 24.8 Å². The number of carbonyl (C=O) groups is 1. The van der Waals surface area contributed by atoms with Gasteiger partial charge in [0.2, 0.25) is 5.91 Å². The maximum absolute atomic E-state index is 12.7. The summed E-state index contributed by atoms with van der Waals surface area (Å²) in [5, 5.41) is 2.85. The Hall–Kier alpha value is -3.80. The molecule has 1 amide bonds. The molecule has 0 spiro atoms. The second-order valence-electron chi connectivity index (χ2n) is 6.85. The van der Waals surface area contributed by atoms with E-state index in [-0.39, 0.29) is 11.5 Å². The first-order valence-electron chi connectivity index (χ1n) is 9.00. The van der Waals surface area contributed by atoms with E-state index in [2.05, 4.69) is 21.4 Å². The minimum absolute atomic E-state index is 0.0256. The zero-order valence-corrected chi connectivity index (χ0v) is 14.9. The zero-order chi connectivity index (χ0) is 19.1. The summed E-state index contributed by atoms with van der Waals surface area (Å²) in [6.45, 7) is 0.414. The molecule has 1 N–H and O–H groups in total. The van der Waals surface area contributed by atoms with Crippen LogP contribution in [-0.2, 0) is 17.8 Å². The van der Waals surface area contributed by atoms with E-state index >= 15 is 0 Å². The van der Waals surface area contributed by atoms with Crippen LogP contribution in [-0.4, -0.2) is 20.4 Å². The molecule has 4 aromatic rings. The second-order valence-corrected chi connectivity index (χ2v) is 6.85. The number of nitrogens with zero attached hydrogens (tertiary/aromatic N) is 3. The summed E-state index contributed by atoms with van der Waals surface area (Å²) in [5.41, 5.74) is 5.78. The Morgan fingerprint density at radius 3 is 2.79 bits per heavy atom. The van der Waals surface area contributed by atoms with Gasteiger partial charge in [-0.3, -0.25) is 14.2 Å². The molecule has 2 aromatic carbocycles. The van der Waals surface area contributed by atoms with Crippen LogP contribution >= 0.6 is 0 Å². The molecule has 3 heterocycles. The van der Waals surface area contributed by atoms with Crippen molar-refractivity contribution < 1.29 is 4.79 Å². The van der Waals surface area contributed by atoms with Crippen LogP contribution in [0.25, 0.3) is 22.2 Å². The fraction of sp³-hybridized carbons (Fsp3) is 0.0909. The maximum Gasteiger partial charge on any atom is 0.280 e. The average molecular weight is 368 g/mol. The van der Waals surface area contributed by atoms with Crippen LogP contribution in [0.4, 0.5) is 5.69 Å². The minimum Gasteiger partial charge on any atom is -0.326 e. The standard InChI is InChI=1S/C22H16N4O2/c27-20-11-17-10-16(6-7-18(17)25-20)15-4-1-3-14(9-15)12-26-13-24-19-5-2-8-23-21(19)22(26)28/h1-10,13H,11-12H2,(H,25,27). The van der Waals surface area contributed by atoms with E-state index in [1.807, 2.05) is 36.4 Å². The third-order valence-electron chi connectivity index (χ3n) is 4.93. The van der Waals surface area contributed by atoms with Gasteiger partial charge in [-0.15, -0.1) is 0 Å². The van der Waals surface area contributed by atoms with Gasteiger partial charge in [-0.05, 0) is 52.6 Å². The van der Waals surface area contributed by atoms with Crippen molar-refractivity contribution in [2.24, 2.45) is 0 Å². The van der Waals surface area contributed by atoms with Crippen LogP contribution in [0, 0.1) is 0 Å². The van der Waals surface area contributed by atoms with Crippen molar-refractivity contribution in [1.29, 1.82) is 0 Å². The lowest BCUT2D eigenvalue weighted by Crippen LogP contribution is -2.21. The predicted molar refractivity (Wildman–Crippen MR) is 107 cm³/mol. The summed E-state index contributed by atoms with van der Waals surface area (Å²) >= 11 is 0. The van der Waals surface area contributed by atoms with E-state index in [9.17, 15) is 9.59 Å². The van der Waals surface area contributed by atoms with Crippen molar-refractivity contribution in [3.8, 4) is 11.1 Å². The minimum atomic E-state index is -0.155. The van der Waals surface area contributed by atoms with E-state index in [0.29, 0.717) is 24.0 Å². The molecule has 0 atom stereocenters. The van der Waals surface area contributed by atoms with E-state index in [1.54, 1.807) is 29.2 Å². The number of fused-ring (bicyclic) bond motifs is 2. The van der Waals surface area contributed by atoms with Crippen molar-refractivity contribution in [3.05, 3.63) is 88.6 Å². The summed E-state index contributed by atoms with van der Waals surface area (Å²) in [6.07, 6.45) is 3.57. The molecule has 136 valence electrons. The predicted octanol–water partition coefficient (Wildman–Crippen LogP) is 3.00. The second kappa shape index (κ2) is 6.42. The van der Waals surface area contributed by atoms with Gasteiger partial charge in [0.1, 0.15) is 0 Å². The highest BCUT2D eigenvalue weighted by molar-refractivity contribution is 5.99. The third kappa shape index (κ3) is 2.85. The Balaban J connectivity index is 1.49.